The molecule has 2 amide bonds. The van der Waals surface area contributed by atoms with Crippen LogP contribution in [0.15, 0.2) is 31.1 Å². The second-order valence-electron chi connectivity index (χ2n) is 2.16. The first-order valence-corrected chi connectivity index (χ1v) is 3.90. The largest absolute Gasteiger partial charge is 0.324 e. The number of amides is 2. The van der Waals surface area contributed by atoms with Gasteiger partial charge in [-0.2, -0.15) is 0 Å². The second kappa shape index (κ2) is 4.47. The Morgan fingerprint density at radius 3 is 2.92 bits per heavy atom. The molecule has 1 heterocycles. The fourth-order valence-electron chi connectivity index (χ4n) is 0.695. The molecule has 68 valence electrons. The van der Waals surface area contributed by atoms with Crippen molar-refractivity contribution in [2.45, 2.75) is 0 Å². The number of nitrogens with one attached hydrogen (secondary N) is 2. The Hall–Kier alpha value is -1.55. The molecule has 0 aliphatic rings. The zero-order valence-corrected chi connectivity index (χ0v) is 7.51. The Labute approximate surface area is 80.6 Å². The van der Waals surface area contributed by atoms with Crippen LogP contribution in [-0.4, -0.2) is 11.0 Å². The lowest BCUT2D eigenvalue weighted by atomic mass is 10.4. The summed E-state index contributed by atoms with van der Waals surface area (Å²) < 4.78 is 0. The van der Waals surface area contributed by atoms with Gasteiger partial charge in [0.05, 0.1) is 5.02 Å². The summed E-state index contributed by atoms with van der Waals surface area (Å²) in [6, 6.07) is 2.85. The summed E-state index contributed by atoms with van der Waals surface area (Å²) in [7, 11) is 0. The van der Waals surface area contributed by atoms with E-state index in [0.717, 1.165) is 0 Å². The Morgan fingerprint density at radius 2 is 2.38 bits per heavy atom. The highest BCUT2D eigenvalue weighted by molar-refractivity contribution is 6.30. The number of hydrogen-bond acceptors (Lipinski definition) is 2. The highest BCUT2D eigenvalue weighted by atomic mass is 35.5. The third-order valence-electron chi connectivity index (χ3n) is 1.20. The van der Waals surface area contributed by atoms with E-state index in [9.17, 15) is 4.79 Å². The molecule has 0 aliphatic heterocycles. The molecule has 5 heteroatoms. The number of pyridine rings is 1. The van der Waals surface area contributed by atoms with Gasteiger partial charge in [-0.1, -0.05) is 18.2 Å². The molecule has 0 spiro atoms. The van der Waals surface area contributed by atoms with Gasteiger partial charge in [0.25, 0.3) is 0 Å². The van der Waals surface area contributed by atoms with E-state index in [4.69, 9.17) is 11.6 Å². The molecule has 0 saturated carbocycles. The number of rotatable bonds is 2. The van der Waals surface area contributed by atoms with Crippen LogP contribution < -0.4 is 10.6 Å². The number of urea groups is 1. The number of carbonyl (C=O) groups excluding carboxylic acids is 1. The number of anilines is 1. The van der Waals surface area contributed by atoms with Crippen molar-refractivity contribution in [3.8, 4) is 0 Å². The minimum Gasteiger partial charge on any atom is -0.315 e. The van der Waals surface area contributed by atoms with Gasteiger partial charge in [-0.25, -0.2) is 9.78 Å². The molecule has 4 nitrogen and oxygen atoms in total. The van der Waals surface area contributed by atoms with Crippen molar-refractivity contribution in [3.63, 3.8) is 0 Å². The maximum absolute atomic E-state index is 10.9. The van der Waals surface area contributed by atoms with Crippen LogP contribution in [0.3, 0.4) is 0 Å². The van der Waals surface area contributed by atoms with Crippen molar-refractivity contribution in [3.05, 3.63) is 36.1 Å². The molecule has 1 rings (SSSR count). The summed E-state index contributed by atoms with van der Waals surface area (Å²) in [5, 5.41) is 5.35. The minimum atomic E-state index is -0.384. The molecule has 0 aromatic carbocycles. The summed E-state index contributed by atoms with van der Waals surface area (Å²) >= 11 is 5.60. The van der Waals surface area contributed by atoms with Crippen molar-refractivity contribution in [2.75, 3.05) is 5.32 Å². The number of aromatic nitrogens is 1. The molecule has 13 heavy (non-hydrogen) atoms. The standard InChI is InChI=1S/C8H8ClN3O/c1-2-10-8(13)12-7-4-3-6(9)5-11-7/h2-5H,1H2,(H2,10,11,12,13). The van der Waals surface area contributed by atoms with E-state index in [1.807, 2.05) is 0 Å². The van der Waals surface area contributed by atoms with Gasteiger partial charge in [0.1, 0.15) is 5.82 Å². The number of nitrogens with zero attached hydrogens (tertiary/aromatic N) is 1. The highest BCUT2D eigenvalue weighted by Gasteiger charge is 1.98. The van der Waals surface area contributed by atoms with Gasteiger partial charge in [0.2, 0.25) is 0 Å². The van der Waals surface area contributed by atoms with Crippen LogP contribution in [0.4, 0.5) is 10.6 Å². The maximum Gasteiger partial charge on any atom is 0.324 e. The first kappa shape index (κ1) is 9.54. The van der Waals surface area contributed by atoms with Gasteiger partial charge in [0.15, 0.2) is 0 Å². The molecule has 0 radical (unpaired) electrons. The van der Waals surface area contributed by atoms with Crippen LogP contribution in [0.1, 0.15) is 0 Å². The summed E-state index contributed by atoms with van der Waals surface area (Å²) in [6.45, 7) is 3.34. The first-order valence-electron chi connectivity index (χ1n) is 3.52. The van der Waals surface area contributed by atoms with Crippen molar-refractivity contribution in [2.24, 2.45) is 0 Å². The zero-order chi connectivity index (χ0) is 9.68. The average molecular weight is 198 g/mol. The fourth-order valence-corrected chi connectivity index (χ4v) is 0.807. The summed E-state index contributed by atoms with van der Waals surface area (Å²) in [5.41, 5.74) is 0. The van der Waals surface area contributed by atoms with Crippen LogP contribution >= 0.6 is 11.6 Å². The van der Waals surface area contributed by atoms with Gasteiger partial charge >= 0.3 is 6.03 Å². The third-order valence-corrected chi connectivity index (χ3v) is 1.43. The van der Waals surface area contributed by atoms with Gasteiger partial charge in [0, 0.05) is 6.20 Å². The topological polar surface area (TPSA) is 54.0 Å². The first-order chi connectivity index (χ1) is 6.22. The summed E-state index contributed by atoms with van der Waals surface area (Å²) in [6.07, 6.45) is 2.73. The Bertz CT molecular complexity index is 310. The number of carbonyl (C=O) groups is 1. The van der Waals surface area contributed by atoms with Crippen LogP contribution in [0.25, 0.3) is 0 Å². The zero-order valence-electron chi connectivity index (χ0n) is 6.75. The molecule has 0 fully saturated rings. The minimum absolute atomic E-state index is 0.384. The van der Waals surface area contributed by atoms with E-state index in [2.05, 4.69) is 22.2 Å². The lowest BCUT2D eigenvalue weighted by Gasteiger charge is -2.02. The van der Waals surface area contributed by atoms with Crippen molar-refractivity contribution < 1.29 is 4.79 Å². The Morgan fingerprint density at radius 1 is 1.62 bits per heavy atom. The fraction of sp³-hybridized carbons (Fsp3) is 0. The summed E-state index contributed by atoms with van der Waals surface area (Å²) in [4.78, 5) is 14.8. The van der Waals surface area contributed by atoms with E-state index in [-0.39, 0.29) is 6.03 Å². The normalized spacial score (nSPS) is 9.00. The highest BCUT2D eigenvalue weighted by Crippen LogP contribution is 2.08. The quantitative estimate of drug-likeness (QED) is 0.762. The molecule has 0 bridgehead atoms. The molecule has 1 aromatic heterocycles. The van der Waals surface area contributed by atoms with Crippen molar-refractivity contribution in [1.29, 1.82) is 0 Å². The van der Waals surface area contributed by atoms with Crippen LogP contribution in [0, 0.1) is 0 Å². The molecule has 0 aliphatic carbocycles. The van der Waals surface area contributed by atoms with E-state index < -0.39 is 0 Å². The van der Waals surface area contributed by atoms with Crippen molar-refractivity contribution >= 4 is 23.4 Å². The number of halogens is 1. The van der Waals surface area contributed by atoms with E-state index in [0.29, 0.717) is 10.8 Å². The van der Waals surface area contributed by atoms with Gasteiger partial charge in [-0.15, -0.1) is 0 Å². The predicted octanol–water partition coefficient (Wildman–Crippen LogP) is 2.00. The second-order valence-corrected chi connectivity index (χ2v) is 2.60. The monoisotopic (exact) mass is 197 g/mol. The van der Waals surface area contributed by atoms with Crippen LogP contribution in [0.2, 0.25) is 5.02 Å². The molecular weight excluding hydrogens is 190 g/mol. The molecule has 0 atom stereocenters. The van der Waals surface area contributed by atoms with E-state index in [1.165, 1.54) is 12.4 Å². The van der Waals surface area contributed by atoms with E-state index in [1.54, 1.807) is 12.1 Å². The van der Waals surface area contributed by atoms with Gasteiger partial charge in [-0.05, 0) is 18.3 Å². The predicted molar refractivity (Wildman–Crippen MR) is 51.6 cm³/mol. The molecular formula is C8H8ClN3O. The lowest BCUT2D eigenvalue weighted by molar-refractivity contribution is 0.255. The molecule has 1 aromatic rings. The van der Waals surface area contributed by atoms with Gasteiger partial charge in [-0.3, -0.25) is 5.32 Å². The van der Waals surface area contributed by atoms with Crippen LogP contribution in [-0.2, 0) is 0 Å². The Balaban J connectivity index is 2.59. The third kappa shape index (κ3) is 3.13. The maximum atomic E-state index is 10.9. The molecule has 0 saturated heterocycles. The average Bonchev–Trinajstić information content (AvgIpc) is 2.09. The lowest BCUT2D eigenvalue weighted by Crippen LogP contribution is -2.23. The smallest absolute Gasteiger partial charge is 0.315 e. The Kier molecular flexibility index (Phi) is 3.28. The van der Waals surface area contributed by atoms with Crippen LogP contribution in [0.5, 0.6) is 0 Å². The van der Waals surface area contributed by atoms with Crippen molar-refractivity contribution in [1.82, 2.24) is 10.3 Å². The van der Waals surface area contributed by atoms with E-state index >= 15 is 0 Å². The summed E-state index contributed by atoms with van der Waals surface area (Å²) in [5.74, 6) is 0.434. The SMILES string of the molecule is C=CNC(=O)Nc1ccc(Cl)cn1. The molecule has 2 N–H and O–H groups in total. The molecule has 0 unspecified atom stereocenters. The van der Waals surface area contributed by atoms with Gasteiger partial charge < -0.3 is 5.32 Å². The number of hydrogen-bond donors (Lipinski definition) is 2.